The van der Waals surface area contributed by atoms with Crippen molar-refractivity contribution in [2.45, 2.75) is 0 Å². The fourth-order valence-electron chi connectivity index (χ4n) is 0.436. The van der Waals surface area contributed by atoms with E-state index >= 15 is 0 Å². The van der Waals surface area contributed by atoms with Crippen LogP contribution in [0.1, 0.15) is 0 Å². The van der Waals surface area contributed by atoms with Gasteiger partial charge in [0.2, 0.25) is 0 Å². The number of hydrogen-bond acceptors (Lipinski definition) is 1. The first-order valence-electron chi connectivity index (χ1n) is 2.24. The third kappa shape index (κ3) is 1.47. The van der Waals surface area contributed by atoms with Gasteiger partial charge in [0, 0.05) is 12.1 Å². The molecule has 1 aromatic heterocycles. The molecule has 4 heteroatoms. The van der Waals surface area contributed by atoms with Crippen molar-refractivity contribution < 1.29 is 4.73 Å². The summed E-state index contributed by atoms with van der Waals surface area (Å²) in [6, 6.07) is 2.86. The van der Waals surface area contributed by atoms with Gasteiger partial charge in [-0.1, -0.05) is 11.6 Å². The van der Waals surface area contributed by atoms with Gasteiger partial charge in [-0.05, 0) is 11.6 Å². The number of rotatable bonds is 0. The zero-order valence-corrected chi connectivity index (χ0v) is 5.86. The summed E-state index contributed by atoms with van der Waals surface area (Å²) in [5.41, 5.74) is 0. The molecule has 0 fully saturated rings. The Bertz CT molecular complexity index is 226. The molecule has 0 N–H and O–H groups in total. The van der Waals surface area contributed by atoms with Crippen LogP contribution in [0.5, 0.6) is 0 Å². The number of aromatic nitrogens is 1. The van der Waals surface area contributed by atoms with Gasteiger partial charge in [-0.25, -0.2) is 0 Å². The van der Waals surface area contributed by atoms with E-state index in [0.29, 0.717) is 9.75 Å². The van der Waals surface area contributed by atoms with Gasteiger partial charge in [0.15, 0.2) is 6.20 Å². The molecule has 0 saturated carbocycles. The third-order valence-electron chi connectivity index (χ3n) is 0.837. The molecular formula is C5H3Cl2NO. The normalized spacial score (nSPS) is 9.56. The van der Waals surface area contributed by atoms with Crippen molar-refractivity contribution in [3.05, 3.63) is 33.7 Å². The summed E-state index contributed by atoms with van der Waals surface area (Å²) >= 11 is 10.9. The van der Waals surface area contributed by atoms with E-state index in [2.05, 4.69) is 0 Å². The highest BCUT2D eigenvalue weighted by molar-refractivity contribution is 6.33. The topological polar surface area (TPSA) is 26.9 Å². The van der Waals surface area contributed by atoms with Crippen molar-refractivity contribution in [1.29, 1.82) is 0 Å². The van der Waals surface area contributed by atoms with E-state index in [0.717, 1.165) is 0 Å². The summed E-state index contributed by atoms with van der Waals surface area (Å²) in [5, 5.41) is 11.0. The Morgan fingerprint density at radius 1 is 1.44 bits per heavy atom. The zero-order valence-electron chi connectivity index (χ0n) is 4.34. The molecule has 0 aliphatic carbocycles. The molecule has 0 unspecified atom stereocenters. The third-order valence-corrected chi connectivity index (χ3v) is 1.35. The lowest BCUT2D eigenvalue weighted by atomic mass is 10.5. The molecule has 9 heavy (non-hydrogen) atoms. The van der Waals surface area contributed by atoms with Gasteiger partial charge in [0.1, 0.15) is 0 Å². The Labute approximate surface area is 62.2 Å². The predicted molar refractivity (Wildman–Crippen MR) is 35.4 cm³/mol. The highest BCUT2D eigenvalue weighted by atomic mass is 35.5. The monoisotopic (exact) mass is 163 g/mol. The molecule has 0 bridgehead atoms. The van der Waals surface area contributed by atoms with E-state index in [4.69, 9.17) is 23.2 Å². The molecule has 1 rings (SSSR count). The van der Waals surface area contributed by atoms with Gasteiger partial charge >= 0.3 is 0 Å². The minimum atomic E-state index is 0.0856. The van der Waals surface area contributed by atoms with Gasteiger partial charge in [0.05, 0.1) is 5.02 Å². The van der Waals surface area contributed by atoms with Crippen molar-refractivity contribution in [3.63, 3.8) is 0 Å². The van der Waals surface area contributed by atoms with Crippen LogP contribution in [-0.4, -0.2) is 0 Å². The molecule has 48 valence electrons. The van der Waals surface area contributed by atoms with E-state index in [1.54, 1.807) is 0 Å². The van der Waals surface area contributed by atoms with Crippen molar-refractivity contribution >= 4 is 23.2 Å². The molecule has 1 heterocycles. The number of halogens is 2. The van der Waals surface area contributed by atoms with Crippen LogP contribution in [0.4, 0.5) is 0 Å². The van der Waals surface area contributed by atoms with Gasteiger partial charge in [-0.15, -0.1) is 0 Å². The summed E-state index contributed by atoms with van der Waals surface area (Å²) in [6.45, 7) is 0. The number of pyridine rings is 1. The average molecular weight is 164 g/mol. The quantitative estimate of drug-likeness (QED) is 0.325. The SMILES string of the molecule is [O-][n+]1ccc(Cl)cc1Cl. The Kier molecular flexibility index (Phi) is 1.78. The van der Waals surface area contributed by atoms with Gasteiger partial charge in [-0.3, -0.25) is 0 Å². The predicted octanol–water partition coefficient (Wildman–Crippen LogP) is 1.63. The molecule has 1 aromatic rings. The van der Waals surface area contributed by atoms with Crippen LogP contribution >= 0.6 is 23.2 Å². The summed E-state index contributed by atoms with van der Waals surface area (Å²) < 4.78 is 0.535. The molecule has 0 radical (unpaired) electrons. The highest BCUT2D eigenvalue weighted by Crippen LogP contribution is 2.09. The maximum Gasteiger partial charge on any atom is 0.287 e. The molecule has 0 aliphatic rings. The van der Waals surface area contributed by atoms with E-state index in [9.17, 15) is 5.21 Å². The molecule has 0 aliphatic heterocycles. The fourth-order valence-corrected chi connectivity index (χ4v) is 0.825. The maximum absolute atomic E-state index is 10.5. The summed E-state index contributed by atoms with van der Waals surface area (Å²) in [7, 11) is 0. The van der Waals surface area contributed by atoms with Crippen LogP contribution in [0.15, 0.2) is 18.3 Å². The Hall–Kier alpha value is -0.470. The lowest BCUT2D eigenvalue weighted by Crippen LogP contribution is -2.25. The minimum absolute atomic E-state index is 0.0856. The van der Waals surface area contributed by atoms with Crippen molar-refractivity contribution in [2.75, 3.05) is 0 Å². The number of nitrogens with zero attached hydrogens (tertiary/aromatic N) is 1. The van der Waals surface area contributed by atoms with Crippen molar-refractivity contribution in [1.82, 2.24) is 0 Å². The minimum Gasteiger partial charge on any atom is -0.618 e. The second-order valence-corrected chi connectivity index (χ2v) is 2.32. The largest absolute Gasteiger partial charge is 0.618 e. The second kappa shape index (κ2) is 2.42. The van der Waals surface area contributed by atoms with Crippen LogP contribution in [0.3, 0.4) is 0 Å². The van der Waals surface area contributed by atoms with Crippen LogP contribution < -0.4 is 4.73 Å². The fraction of sp³-hybridized carbons (Fsp3) is 0. The van der Waals surface area contributed by atoms with E-state index in [1.165, 1.54) is 18.3 Å². The molecule has 0 atom stereocenters. The maximum atomic E-state index is 10.5. The first kappa shape index (κ1) is 6.65. The van der Waals surface area contributed by atoms with Crippen molar-refractivity contribution in [2.24, 2.45) is 0 Å². The molecular weight excluding hydrogens is 161 g/mol. The molecule has 0 saturated heterocycles. The van der Waals surface area contributed by atoms with Crippen LogP contribution in [0.2, 0.25) is 10.2 Å². The highest BCUT2D eigenvalue weighted by Gasteiger charge is 1.98. The van der Waals surface area contributed by atoms with Gasteiger partial charge < -0.3 is 5.21 Å². The smallest absolute Gasteiger partial charge is 0.287 e. The molecule has 0 aromatic carbocycles. The van der Waals surface area contributed by atoms with E-state index in [-0.39, 0.29) is 5.15 Å². The molecule has 0 amide bonds. The first-order chi connectivity index (χ1) is 4.20. The van der Waals surface area contributed by atoms with Crippen LogP contribution in [-0.2, 0) is 0 Å². The zero-order chi connectivity index (χ0) is 6.85. The Morgan fingerprint density at radius 2 is 2.11 bits per heavy atom. The average Bonchev–Trinajstić information content (AvgIpc) is 1.80. The summed E-state index contributed by atoms with van der Waals surface area (Å²) in [5.74, 6) is 0. The van der Waals surface area contributed by atoms with Crippen LogP contribution in [0.25, 0.3) is 0 Å². The van der Waals surface area contributed by atoms with E-state index < -0.39 is 0 Å². The lowest BCUT2D eigenvalue weighted by Gasteiger charge is -1.95. The van der Waals surface area contributed by atoms with Crippen LogP contribution in [0, 0.1) is 5.21 Å². The Balaban J connectivity index is 3.17. The summed E-state index contributed by atoms with van der Waals surface area (Å²) in [6.07, 6.45) is 1.25. The Morgan fingerprint density at radius 3 is 2.56 bits per heavy atom. The molecule has 2 nitrogen and oxygen atoms in total. The molecule has 0 spiro atoms. The van der Waals surface area contributed by atoms with E-state index in [1.807, 2.05) is 0 Å². The van der Waals surface area contributed by atoms with Gasteiger partial charge in [-0.2, -0.15) is 4.73 Å². The summed E-state index contributed by atoms with van der Waals surface area (Å²) in [4.78, 5) is 0. The number of hydrogen-bond donors (Lipinski definition) is 0. The lowest BCUT2D eigenvalue weighted by molar-refractivity contribution is -0.603. The van der Waals surface area contributed by atoms with Gasteiger partial charge in [0.25, 0.3) is 5.15 Å². The first-order valence-corrected chi connectivity index (χ1v) is 3.00. The standard InChI is InChI=1S/C5H3Cl2NO/c6-4-1-2-8(9)5(7)3-4/h1-3H. The second-order valence-electron chi connectivity index (χ2n) is 1.49. The van der Waals surface area contributed by atoms with Crippen molar-refractivity contribution in [3.8, 4) is 0 Å².